The van der Waals surface area contributed by atoms with Crippen LogP contribution in [0.2, 0.25) is 0 Å². The number of amides is 1. The molecule has 0 radical (unpaired) electrons. The molecule has 1 N–H and O–H groups in total. The fraction of sp³-hybridized carbons (Fsp3) is 0.0588. The Morgan fingerprint density at radius 2 is 2.08 bits per heavy atom. The minimum Gasteiger partial charge on any atom is -0.495 e. The Morgan fingerprint density at radius 1 is 1.20 bits per heavy atom. The summed E-state index contributed by atoms with van der Waals surface area (Å²) in [5.74, 6) is 0.682. The highest BCUT2D eigenvalue weighted by Gasteiger charge is 2.12. The number of nitrogens with one attached hydrogen (secondary N) is 1. The van der Waals surface area contributed by atoms with Crippen molar-refractivity contribution in [3.8, 4) is 5.75 Å². The van der Waals surface area contributed by atoms with Crippen molar-refractivity contribution in [2.24, 2.45) is 0 Å². The molecule has 25 heavy (non-hydrogen) atoms. The number of carbonyl (C=O) groups is 1. The van der Waals surface area contributed by atoms with Crippen LogP contribution >= 0.6 is 15.9 Å². The van der Waals surface area contributed by atoms with Crippen molar-refractivity contribution in [1.29, 1.82) is 0 Å². The smallest absolute Gasteiger partial charge is 0.274 e. The van der Waals surface area contributed by atoms with E-state index in [1.807, 2.05) is 22.6 Å². The van der Waals surface area contributed by atoms with E-state index >= 15 is 0 Å². The summed E-state index contributed by atoms with van der Waals surface area (Å²) >= 11 is 3.45. The zero-order chi connectivity index (χ0) is 17.4. The molecular formula is C17H12BrN5O2. The first-order valence-corrected chi connectivity index (χ1v) is 8.18. The van der Waals surface area contributed by atoms with Crippen molar-refractivity contribution >= 4 is 44.3 Å². The number of hydrogen-bond acceptors (Lipinski definition) is 5. The molecule has 8 heteroatoms. The van der Waals surface area contributed by atoms with Crippen LogP contribution in [-0.2, 0) is 0 Å². The van der Waals surface area contributed by atoms with Crippen molar-refractivity contribution < 1.29 is 9.53 Å². The molecule has 0 unspecified atom stereocenters. The topological polar surface area (TPSA) is 81.4 Å². The highest BCUT2D eigenvalue weighted by atomic mass is 79.9. The van der Waals surface area contributed by atoms with Crippen molar-refractivity contribution in [2.75, 3.05) is 12.4 Å². The molecule has 0 saturated heterocycles. The van der Waals surface area contributed by atoms with E-state index in [2.05, 4.69) is 36.2 Å². The van der Waals surface area contributed by atoms with Crippen molar-refractivity contribution in [1.82, 2.24) is 19.4 Å². The molecule has 3 aromatic heterocycles. The van der Waals surface area contributed by atoms with Crippen molar-refractivity contribution in [3.63, 3.8) is 0 Å². The van der Waals surface area contributed by atoms with Crippen LogP contribution in [0.3, 0.4) is 0 Å². The molecule has 1 amide bonds. The van der Waals surface area contributed by atoms with Gasteiger partial charge >= 0.3 is 0 Å². The summed E-state index contributed by atoms with van der Waals surface area (Å²) in [6.07, 6.45) is 4.89. The lowest BCUT2D eigenvalue weighted by Crippen LogP contribution is -2.14. The first kappa shape index (κ1) is 15.5. The maximum absolute atomic E-state index is 12.4. The molecule has 0 saturated carbocycles. The second-order valence-corrected chi connectivity index (χ2v) is 6.21. The second kappa shape index (κ2) is 6.14. The molecule has 0 aliphatic heterocycles. The van der Waals surface area contributed by atoms with Gasteiger partial charge in [0.1, 0.15) is 11.4 Å². The summed E-state index contributed by atoms with van der Waals surface area (Å²) in [5.41, 5.74) is 2.53. The minimum absolute atomic E-state index is 0.268. The number of fused-ring (bicyclic) bond motifs is 3. The molecule has 0 aliphatic carbocycles. The van der Waals surface area contributed by atoms with E-state index in [1.165, 1.54) is 0 Å². The summed E-state index contributed by atoms with van der Waals surface area (Å²) in [6.45, 7) is 0. The predicted octanol–water partition coefficient (Wildman–Crippen LogP) is 3.30. The largest absolute Gasteiger partial charge is 0.495 e. The zero-order valence-electron chi connectivity index (χ0n) is 13.1. The molecule has 0 atom stereocenters. The lowest BCUT2D eigenvalue weighted by Gasteiger charge is -2.06. The number of methoxy groups -OCH3 is 1. The maximum Gasteiger partial charge on any atom is 0.274 e. The SMILES string of the molecule is COc1cncc(NC(=O)c2ccn3c(n2)nc2ccc(Br)cc23)c1. The first-order chi connectivity index (χ1) is 12.1. The molecule has 0 fully saturated rings. The van der Waals surface area contributed by atoms with Gasteiger partial charge in [-0.05, 0) is 24.3 Å². The van der Waals surface area contributed by atoms with Crippen molar-refractivity contribution in [2.45, 2.75) is 0 Å². The standard InChI is InChI=1S/C17H12BrN5O2/c1-25-12-7-11(8-19-9-12)20-16(24)14-4-5-23-15-6-10(18)2-3-13(15)21-17(23)22-14/h2-9H,1H3,(H,20,24). The van der Waals surface area contributed by atoms with Crippen LogP contribution in [0.25, 0.3) is 16.8 Å². The van der Waals surface area contributed by atoms with E-state index in [0.717, 1.165) is 15.5 Å². The Labute approximate surface area is 150 Å². The average molecular weight is 398 g/mol. The van der Waals surface area contributed by atoms with Gasteiger partial charge in [-0.3, -0.25) is 14.2 Å². The van der Waals surface area contributed by atoms with Gasteiger partial charge in [-0.25, -0.2) is 9.97 Å². The lowest BCUT2D eigenvalue weighted by atomic mass is 10.3. The number of pyridine rings is 1. The Morgan fingerprint density at radius 3 is 2.92 bits per heavy atom. The third kappa shape index (κ3) is 2.91. The third-order valence-corrected chi connectivity index (χ3v) is 4.17. The molecule has 4 aromatic rings. The summed E-state index contributed by atoms with van der Waals surface area (Å²) in [6, 6.07) is 9.11. The minimum atomic E-state index is -0.342. The van der Waals surface area contributed by atoms with Crippen LogP contribution in [0.15, 0.2) is 53.4 Å². The van der Waals surface area contributed by atoms with Crippen LogP contribution < -0.4 is 10.1 Å². The van der Waals surface area contributed by atoms with E-state index in [-0.39, 0.29) is 11.6 Å². The summed E-state index contributed by atoms with van der Waals surface area (Å²) < 4.78 is 7.89. The Bertz CT molecular complexity index is 1110. The van der Waals surface area contributed by atoms with E-state index in [4.69, 9.17) is 4.74 Å². The fourth-order valence-electron chi connectivity index (χ4n) is 2.49. The first-order valence-electron chi connectivity index (χ1n) is 7.39. The van der Waals surface area contributed by atoms with E-state index in [0.29, 0.717) is 17.2 Å². The molecule has 0 aliphatic rings. The van der Waals surface area contributed by atoms with Gasteiger partial charge in [0.2, 0.25) is 5.78 Å². The number of carbonyl (C=O) groups excluding carboxylic acids is 1. The van der Waals surface area contributed by atoms with Crippen LogP contribution in [0.1, 0.15) is 10.5 Å². The van der Waals surface area contributed by atoms with E-state index in [9.17, 15) is 4.79 Å². The number of halogens is 1. The van der Waals surface area contributed by atoms with Gasteiger partial charge < -0.3 is 10.1 Å². The highest BCUT2D eigenvalue weighted by Crippen LogP contribution is 2.21. The van der Waals surface area contributed by atoms with Gasteiger partial charge in [-0.2, -0.15) is 0 Å². The summed E-state index contributed by atoms with van der Waals surface area (Å²) in [4.78, 5) is 25.3. The Hall–Kier alpha value is -3.00. The molecular weight excluding hydrogens is 386 g/mol. The molecule has 0 bridgehead atoms. The van der Waals surface area contributed by atoms with Gasteiger partial charge in [-0.1, -0.05) is 15.9 Å². The number of imidazole rings is 1. The molecule has 1 aromatic carbocycles. The van der Waals surface area contributed by atoms with E-state index < -0.39 is 0 Å². The lowest BCUT2D eigenvalue weighted by molar-refractivity contribution is 0.102. The number of anilines is 1. The number of aromatic nitrogens is 4. The average Bonchev–Trinajstić information content (AvgIpc) is 2.98. The molecule has 3 heterocycles. The van der Waals surface area contributed by atoms with Crippen LogP contribution in [-0.4, -0.2) is 32.4 Å². The van der Waals surface area contributed by atoms with Crippen LogP contribution in [0.5, 0.6) is 5.75 Å². The summed E-state index contributed by atoms with van der Waals surface area (Å²) in [5, 5.41) is 2.75. The zero-order valence-corrected chi connectivity index (χ0v) is 14.7. The maximum atomic E-state index is 12.4. The molecule has 124 valence electrons. The van der Waals surface area contributed by atoms with Crippen LogP contribution in [0.4, 0.5) is 5.69 Å². The Balaban J connectivity index is 1.68. The van der Waals surface area contributed by atoms with Gasteiger partial charge in [0.05, 0.1) is 36.2 Å². The molecule has 7 nitrogen and oxygen atoms in total. The number of nitrogens with zero attached hydrogens (tertiary/aromatic N) is 4. The third-order valence-electron chi connectivity index (χ3n) is 3.67. The van der Waals surface area contributed by atoms with Crippen molar-refractivity contribution in [3.05, 3.63) is 59.1 Å². The van der Waals surface area contributed by atoms with Gasteiger partial charge in [-0.15, -0.1) is 0 Å². The van der Waals surface area contributed by atoms with Gasteiger partial charge in [0.15, 0.2) is 0 Å². The monoisotopic (exact) mass is 397 g/mol. The second-order valence-electron chi connectivity index (χ2n) is 5.30. The predicted molar refractivity (Wildman–Crippen MR) is 96.9 cm³/mol. The number of hydrogen-bond donors (Lipinski definition) is 1. The number of rotatable bonds is 3. The molecule has 4 rings (SSSR count). The Kier molecular flexibility index (Phi) is 3.81. The molecule has 0 spiro atoms. The number of ether oxygens (including phenoxy) is 1. The number of benzene rings is 1. The normalized spacial score (nSPS) is 11.0. The quantitative estimate of drug-likeness (QED) is 0.573. The van der Waals surface area contributed by atoms with Crippen LogP contribution in [0, 0.1) is 0 Å². The van der Waals surface area contributed by atoms with Gasteiger partial charge in [0.25, 0.3) is 5.91 Å². The van der Waals surface area contributed by atoms with Gasteiger partial charge in [0, 0.05) is 16.7 Å². The summed E-state index contributed by atoms with van der Waals surface area (Å²) in [7, 11) is 1.54. The highest BCUT2D eigenvalue weighted by molar-refractivity contribution is 9.10. The fourth-order valence-corrected chi connectivity index (χ4v) is 2.84. The van der Waals surface area contributed by atoms with E-state index in [1.54, 1.807) is 37.8 Å².